The summed E-state index contributed by atoms with van der Waals surface area (Å²) in [5, 5.41) is 13.3. The van der Waals surface area contributed by atoms with Crippen LogP contribution in [0.15, 0.2) is 52.0 Å². The molecule has 0 radical (unpaired) electrons. The fourth-order valence-electron chi connectivity index (χ4n) is 1.69. The maximum atomic E-state index is 11.6. The fourth-order valence-corrected chi connectivity index (χ4v) is 2.07. The van der Waals surface area contributed by atoms with E-state index in [1.807, 2.05) is 12.1 Å². The SMILES string of the molecule is COc1cc(C=NNC(=O)COc2cccc(Br)c2)ccc1O. The zero-order valence-corrected chi connectivity index (χ0v) is 13.9. The van der Waals surface area contributed by atoms with Crippen LogP contribution in [0.4, 0.5) is 0 Å². The first kappa shape index (κ1) is 16.8. The summed E-state index contributed by atoms with van der Waals surface area (Å²) >= 11 is 3.32. The lowest BCUT2D eigenvalue weighted by molar-refractivity contribution is -0.123. The van der Waals surface area contributed by atoms with Gasteiger partial charge < -0.3 is 14.6 Å². The van der Waals surface area contributed by atoms with Gasteiger partial charge in [0.05, 0.1) is 13.3 Å². The second-order valence-electron chi connectivity index (χ2n) is 4.47. The Bertz CT molecular complexity index is 719. The van der Waals surface area contributed by atoms with Crippen molar-refractivity contribution in [2.75, 3.05) is 13.7 Å². The highest BCUT2D eigenvalue weighted by atomic mass is 79.9. The molecule has 0 saturated heterocycles. The molecule has 0 aliphatic carbocycles. The number of nitrogens with one attached hydrogen (secondary N) is 1. The van der Waals surface area contributed by atoms with Gasteiger partial charge in [0.15, 0.2) is 18.1 Å². The van der Waals surface area contributed by atoms with Crippen LogP contribution in [0.5, 0.6) is 17.2 Å². The van der Waals surface area contributed by atoms with Crippen LogP contribution in [-0.2, 0) is 4.79 Å². The molecule has 0 aliphatic rings. The van der Waals surface area contributed by atoms with Crippen molar-refractivity contribution < 1.29 is 19.4 Å². The summed E-state index contributed by atoms with van der Waals surface area (Å²) in [4.78, 5) is 11.6. The highest BCUT2D eigenvalue weighted by molar-refractivity contribution is 9.10. The molecule has 6 nitrogen and oxygen atoms in total. The number of phenolic OH excluding ortho intramolecular Hbond substituents is 1. The molecule has 2 rings (SSSR count). The molecule has 1 amide bonds. The van der Waals surface area contributed by atoms with Crippen molar-refractivity contribution in [3.8, 4) is 17.2 Å². The van der Waals surface area contributed by atoms with Crippen LogP contribution >= 0.6 is 15.9 Å². The van der Waals surface area contributed by atoms with Crippen LogP contribution < -0.4 is 14.9 Å². The molecule has 120 valence electrons. The third-order valence-corrected chi connectivity index (χ3v) is 3.27. The Labute approximate surface area is 141 Å². The maximum absolute atomic E-state index is 11.6. The number of benzene rings is 2. The van der Waals surface area contributed by atoms with Crippen LogP contribution in [0.1, 0.15) is 5.56 Å². The highest BCUT2D eigenvalue weighted by Crippen LogP contribution is 2.25. The molecule has 0 spiro atoms. The van der Waals surface area contributed by atoms with Gasteiger partial charge in [-0.25, -0.2) is 5.43 Å². The van der Waals surface area contributed by atoms with Crippen molar-refractivity contribution in [2.45, 2.75) is 0 Å². The van der Waals surface area contributed by atoms with Crippen molar-refractivity contribution >= 4 is 28.1 Å². The van der Waals surface area contributed by atoms with Gasteiger partial charge in [-0.2, -0.15) is 5.10 Å². The molecule has 0 aromatic heterocycles. The van der Waals surface area contributed by atoms with E-state index in [4.69, 9.17) is 9.47 Å². The Kier molecular flexibility index (Phi) is 5.99. The number of halogens is 1. The highest BCUT2D eigenvalue weighted by Gasteiger charge is 2.03. The molecular formula is C16H15BrN2O4. The van der Waals surface area contributed by atoms with E-state index in [0.717, 1.165) is 4.47 Å². The van der Waals surface area contributed by atoms with Gasteiger partial charge in [0.25, 0.3) is 5.91 Å². The van der Waals surface area contributed by atoms with Crippen LogP contribution in [0.25, 0.3) is 0 Å². The van der Waals surface area contributed by atoms with Crippen LogP contribution in [0, 0.1) is 0 Å². The molecular weight excluding hydrogens is 364 g/mol. The summed E-state index contributed by atoms with van der Waals surface area (Å²) in [6, 6.07) is 11.9. The summed E-state index contributed by atoms with van der Waals surface area (Å²) < 4.78 is 11.2. The van der Waals surface area contributed by atoms with Crippen LogP contribution in [-0.4, -0.2) is 30.9 Å². The van der Waals surface area contributed by atoms with Crippen LogP contribution in [0.2, 0.25) is 0 Å². The van der Waals surface area contributed by atoms with E-state index in [9.17, 15) is 9.90 Å². The number of carbonyl (C=O) groups is 1. The van der Waals surface area contributed by atoms with Gasteiger partial charge in [0, 0.05) is 4.47 Å². The van der Waals surface area contributed by atoms with E-state index >= 15 is 0 Å². The zero-order chi connectivity index (χ0) is 16.7. The van der Waals surface area contributed by atoms with E-state index in [2.05, 4.69) is 26.5 Å². The number of phenols is 1. The number of hydrogen-bond acceptors (Lipinski definition) is 5. The fraction of sp³-hybridized carbons (Fsp3) is 0.125. The van der Waals surface area contributed by atoms with Gasteiger partial charge in [0.2, 0.25) is 0 Å². The third kappa shape index (κ3) is 5.30. The summed E-state index contributed by atoms with van der Waals surface area (Å²) in [5.74, 6) is 0.572. The Morgan fingerprint density at radius 3 is 2.91 bits per heavy atom. The first-order chi connectivity index (χ1) is 11.1. The minimum absolute atomic E-state index is 0.0381. The molecule has 0 heterocycles. The number of hydrazone groups is 1. The van der Waals surface area contributed by atoms with Crippen molar-refractivity contribution in [2.24, 2.45) is 5.10 Å². The molecule has 0 saturated carbocycles. The topological polar surface area (TPSA) is 80.2 Å². The zero-order valence-electron chi connectivity index (χ0n) is 12.3. The number of amides is 1. The number of aromatic hydroxyl groups is 1. The second-order valence-corrected chi connectivity index (χ2v) is 5.39. The van der Waals surface area contributed by atoms with Crippen molar-refractivity contribution in [1.29, 1.82) is 0 Å². The molecule has 2 aromatic carbocycles. The molecule has 0 unspecified atom stereocenters. The average molecular weight is 379 g/mol. The molecule has 2 aromatic rings. The lowest BCUT2D eigenvalue weighted by atomic mass is 10.2. The maximum Gasteiger partial charge on any atom is 0.277 e. The Morgan fingerprint density at radius 1 is 1.35 bits per heavy atom. The third-order valence-electron chi connectivity index (χ3n) is 2.77. The van der Waals surface area contributed by atoms with Crippen molar-refractivity contribution in [3.63, 3.8) is 0 Å². The van der Waals surface area contributed by atoms with Gasteiger partial charge in [-0.05, 0) is 42.0 Å². The second kappa shape index (κ2) is 8.19. The van der Waals surface area contributed by atoms with Gasteiger partial charge in [-0.15, -0.1) is 0 Å². The minimum Gasteiger partial charge on any atom is -0.504 e. The quantitative estimate of drug-likeness (QED) is 0.598. The lowest BCUT2D eigenvalue weighted by Gasteiger charge is -2.05. The number of hydrogen-bond donors (Lipinski definition) is 2. The molecule has 2 N–H and O–H groups in total. The predicted octanol–water partition coefficient (Wildman–Crippen LogP) is 2.69. The predicted molar refractivity (Wildman–Crippen MR) is 90.0 cm³/mol. The molecule has 23 heavy (non-hydrogen) atoms. The van der Waals surface area contributed by atoms with Gasteiger partial charge in [0.1, 0.15) is 5.75 Å². The first-order valence-corrected chi connectivity index (χ1v) is 7.45. The number of nitrogens with zero attached hydrogens (tertiary/aromatic N) is 1. The number of rotatable bonds is 6. The Balaban J connectivity index is 1.84. The summed E-state index contributed by atoms with van der Waals surface area (Å²) in [6.45, 7) is -0.146. The Morgan fingerprint density at radius 2 is 2.17 bits per heavy atom. The lowest BCUT2D eigenvalue weighted by Crippen LogP contribution is -2.24. The largest absolute Gasteiger partial charge is 0.504 e. The van der Waals surface area contributed by atoms with E-state index in [1.54, 1.807) is 24.3 Å². The average Bonchev–Trinajstić information content (AvgIpc) is 2.54. The number of methoxy groups -OCH3 is 1. The minimum atomic E-state index is -0.382. The van der Waals surface area contributed by atoms with Gasteiger partial charge in [-0.3, -0.25) is 4.79 Å². The van der Waals surface area contributed by atoms with E-state index < -0.39 is 0 Å². The standard InChI is InChI=1S/C16H15BrN2O4/c1-22-15-7-11(5-6-14(15)20)9-18-19-16(21)10-23-13-4-2-3-12(17)8-13/h2-9,20H,10H2,1H3,(H,19,21). The molecule has 0 bridgehead atoms. The Hall–Kier alpha value is -2.54. The van der Waals surface area contributed by atoms with Gasteiger partial charge in [-0.1, -0.05) is 22.0 Å². The van der Waals surface area contributed by atoms with Crippen molar-refractivity contribution in [3.05, 3.63) is 52.5 Å². The normalized spacial score (nSPS) is 10.5. The summed E-state index contributed by atoms with van der Waals surface area (Å²) in [5.41, 5.74) is 3.03. The number of ether oxygens (including phenoxy) is 2. The molecule has 0 fully saturated rings. The number of carbonyl (C=O) groups excluding carboxylic acids is 1. The van der Waals surface area contributed by atoms with Gasteiger partial charge >= 0.3 is 0 Å². The van der Waals surface area contributed by atoms with E-state index in [-0.39, 0.29) is 18.3 Å². The smallest absolute Gasteiger partial charge is 0.277 e. The molecule has 7 heteroatoms. The van der Waals surface area contributed by atoms with E-state index in [0.29, 0.717) is 17.1 Å². The summed E-state index contributed by atoms with van der Waals surface area (Å²) in [7, 11) is 1.46. The van der Waals surface area contributed by atoms with Crippen LogP contribution in [0.3, 0.4) is 0 Å². The first-order valence-electron chi connectivity index (χ1n) is 6.66. The monoisotopic (exact) mass is 378 g/mol. The molecule has 0 aliphatic heterocycles. The summed E-state index contributed by atoms with van der Waals surface area (Å²) in [6.07, 6.45) is 1.44. The van der Waals surface area contributed by atoms with Crippen molar-refractivity contribution in [1.82, 2.24) is 5.43 Å². The molecule has 0 atom stereocenters. The van der Waals surface area contributed by atoms with E-state index in [1.165, 1.54) is 19.4 Å².